The first kappa shape index (κ1) is 13.4. The molecule has 0 spiro atoms. The number of carbonyl (C=O) groups is 1. The maximum atomic E-state index is 12.1. The zero-order chi connectivity index (χ0) is 14.1. The average Bonchev–Trinajstić information content (AvgIpc) is 2.87. The van der Waals surface area contributed by atoms with Gasteiger partial charge in [-0.1, -0.05) is 19.9 Å². The number of rotatable bonds is 3. The van der Waals surface area contributed by atoms with Gasteiger partial charge in [0.15, 0.2) is 0 Å². The second-order valence-electron chi connectivity index (χ2n) is 5.95. The molecule has 3 rings (SSSR count). The van der Waals surface area contributed by atoms with Crippen LogP contribution in [0.1, 0.15) is 13.8 Å². The third-order valence-electron chi connectivity index (χ3n) is 3.91. The maximum absolute atomic E-state index is 12.1. The van der Waals surface area contributed by atoms with Crippen LogP contribution in [0.3, 0.4) is 0 Å². The van der Waals surface area contributed by atoms with Gasteiger partial charge < -0.3 is 14.5 Å². The molecule has 20 heavy (non-hydrogen) atoms. The molecule has 2 aliphatic rings. The molecular weight excluding hydrogens is 254 g/mol. The Morgan fingerprint density at radius 2 is 2.25 bits per heavy atom. The predicted octanol–water partition coefficient (Wildman–Crippen LogP) is 1.15. The monoisotopic (exact) mass is 275 g/mol. The lowest BCUT2D eigenvalue weighted by Crippen LogP contribution is -2.55. The number of ether oxygens (including phenoxy) is 1. The summed E-state index contributed by atoms with van der Waals surface area (Å²) in [6.45, 7) is 6.92. The van der Waals surface area contributed by atoms with Crippen LogP contribution in [-0.2, 0) is 9.53 Å². The van der Waals surface area contributed by atoms with Gasteiger partial charge in [0.25, 0.3) is 0 Å². The lowest BCUT2D eigenvalue weighted by molar-refractivity contribution is -0.153. The maximum Gasteiger partial charge on any atom is 0.248 e. The highest BCUT2D eigenvalue weighted by molar-refractivity contribution is 5.79. The first-order valence-corrected chi connectivity index (χ1v) is 7.22. The van der Waals surface area contributed by atoms with Gasteiger partial charge in [-0.25, -0.2) is 4.98 Å². The quantitative estimate of drug-likeness (QED) is 0.830. The number of carbonyl (C=O) groups excluding carboxylic acids is 1. The number of hydrogen-bond donors (Lipinski definition) is 0. The zero-order valence-electron chi connectivity index (χ0n) is 12.0. The lowest BCUT2D eigenvalue weighted by atomic mass is 10.1. The molecule has 0 saturated carbocycles. The minimum atomic E-state index is 0.105. The molecule has 108 valence electrons. The van der Waals surface area contributed by atoms with E-state index >= 15 is 0 Å². The Bertz CT molecular complexity index is 477. The molecule has 0 aromatic carbocycles. The molecule has 0 radical (unpaired) electrons. The number of nitrogens with zero attached hydrogens (tertiary/aromatic N) is 3. The number of amides is 1. The van der Waals surface area contributed by atoms with E-state index in [2.05, 4.69) is 23.7 Å². The fraction of sp³-hybridized carbons (Fsp3) is 0.600. The Hall–Kier alpha value is -1.62. The van der Waals surface area contributed by atoms with Gasteiger partial charge in [0.1, 0.15) is 12.4 Å². The summed E-state index contributed by atoms with van der Waals surface area (Å²) in [6.07, 6.45) is 1.91. The molecule has 1 aromatic rings. The molecule has 0 unspecified atom stereocenters. The van der Waals surface area contributed by atoms with Crippen LogP contribution in [0, 0.1) is 5.92 Å². The standard InChI is InChI=1S/C15H21N3O2/c1-11(2)7-18-12-8-17(14-5-3-4-6-16-14)9-13(12)20-10-15(18)19/h3-6,11-13H,7-10H2,1-2H3/t12-,13-/m0/s1. The second-order valence-corrected chi connectivity index (χ2v) is 5.95. The first-order chi connectivity index (χ1) is 9.65. The lowest BCUT2D eigenvalue weighted by Gasteiger charge is -2.37. The van der Waals surface area contributed by atoms with Crippen LogP contribution in [0.15, 0.2) is 24.4 Å². The molecule has 2 aliphatic heterocycles. The van der Waals surface area contributed by atoms with Crippen molar-refractivity contribution in [3.63, 3.8) is 0 Å². The molecule has 2 fully saturated rings. The molecule has 2 atom stereocenters. The van der Waals surface area contributed by atoms with Gasteiger partial charge in [-0.05, 0) is 18.1 Å². The summed E-state index contributed by atoms with van der Waals surface area (Å²) in [5.41, 5.74) is 0. The van der Waals surface area contributed by atoms with Gasteiger partial charge in [-0.3, -0.25) is 4.79 Å². The van der Waals surface area contributed by atoms with E-state index in [9.17, 15) is 4.79 Å². The molecule has 0 aliphatic carbocycles. The summed E-state index contributed by atoms with van der Waals surface area (Å²) >= 11 is 0. The van der Waals surface area contributed by atoms with Gasteiger partial charge in [-0.15, -0.1) is 0 Å². The summed E-state index contributed by atoms with van der Waals surface area (Å²) in [7, 11) is 0. The van der Waals surface area contributed by atoms with Crippen LogP contribution in [-0.4, -0.2) is 54.2 Å². The molecule has 1 aromatic heterocycles. The zero-order valence-corrected chi connectivity index (χ0v) is 12.0. The predicted molar refractivity (Wildman–Crippen MR) is 76.5 cm³/mol. The van der Waals surface area contributed by atoms with E-state index in [1.807, 2.05) is 23.1 Å². The first-order valence-electron chi connectivity index (χ1n) is 7.22. The van der Waals surface area contributed by atoms with Crippen molar-refractivity contribution in [2.45, 2.75) is 26.0 Å². The molecule has 0 bridgehead atoms. The summed E-state index contributed by atoms with van der Waals surface area (Å²) in [5, 5.41) is 0. The molecule has 5 heteroatoms. The van der Waals surface area contributed by atoms with Crippen molar-refractivity contribution in [2.75, 3.05) is 31.1 Å². The number of hydrogen-bond acceptors (Lipinski definition) is 4. The second kappa shape index (κ2) is 5.40. The largest absolute Gasteiger partial charge is 0.364 e. The van der Waals surface area contributed by atoms with Gasteiger partial charge in [0.2, 0.25) is 5.91 Å². The molecule has 5 nitrogen and oxygen atoms in total. The number of aromatic nitrogens is 1. The summed E-state index contributed by atoms with van der Waals surface area (Å²) in [5.74, 6) is 1.55. The van der Waals surface area contributed by atoms with Crippen molar-refractivity contribution in [1.29, 1.82) is 0 Å². The van der Waals surface area contributed by atoms with Crippen molar-refractivity contribution in [3.05, 3.63) is 24.4 Å². The van der Waals surface area contributed by atoms with Crippen molar-refractivity contribution in [2.24, 2.45) is 5.92 Å². The highest BCUT2D eigenvalue weighted by Gasteiger charge is 2.43. The number of fused-ring (bicyclic) bond motifs is 1. The van der Waals surface area contributed by atoms with E-state index in [1.165, 1.54) is 0 Å². The van der Waals surface area contributed by atoms with Crippen LogP contribution in [0.4, 0.5) is 5.82 Å². The Morgan fingerprint density at radius 3 is 2.95 bits per heavy atom. The number of anilines is 1. The SMILES string of the molecule is CC(C)CN1C(=O)CO[C@H]2CN(c3ccccn3)C[C@@H]21. The van der Waals surface area contributed by atoms with Gasteiger partial charge in [0.05, 0.1) is 12.1 Å². The van der Waals surface area contributed by atoms with E-state index in [0.717, 1.165) is 25.5 Å². The average molecular weight is 275 g/mol. The van der Waals surface area contributed by atoms with Crippen molar-refractivity contribution in [1.82, 2.24) is 9.88 Å². The van der Waals surface area contributed by atoms with Crippen LogP contribution >= 0.6 is 0 Å². The Labute approximate surface area is 119 Å². The van der Waals surface area contributed by atoms with Crippen molar-refractivity contribution >= 4 is 11.7 Å². The molecule has 3 heterocycles. The molecule has 1 amide bonds. The van der Waals surface area contributed by atoms with Crippen LogP contribution in [0.5, 0.6) is 0 Å². The van der Waals surface area contributed by atoms with E-state index in [-0.39, 0.29) is 24.7 Å². The molecule has 0 N–H and O–H groups in total. The topological polar surface area (TPSA) is 45.7 Å². The smallest absolute Gasteiger partial charge is 0.248 e. The third-order valence-corrected chi connectivity index (χ3v) is 3.91. The number of pyridine rings is 1. The third kappa shape index (κ3) is 2.50. The van der Waals surface area contributed by atoms with Crippen molar-refractivity contribution < 1.29 is 9.53 Å². The Morgan fingerprint density at radius 1 is 1.40 bits per heavy atom. The summed E-state index contributed by atoms with van der Waals surface area (Å²) < 4.78 is 5.72. The molecular formula is C15H21N3O2. The van der Waals surface area contributed by atoms with E-state index in [4.69, 9.17) is 4.74 Å². The highest BCUT2D eigenvalue weighted by Crippen LogP contribution is 2.27. The van der Waals surface area contributed by atoms with Crippen LogP contribution in [0.25, 0.3) is 0 Å². The van der Waals surface area contributed by atoms with E-state index in [1.54, 1.807) is 6.20 Å². The summed E-state index contributed by atoms with van der Waals surface area (Å²) in [6, 6.07) is 6.06. The van der Waals surface area contributed by atoms with Gasteiger partial charge in [0, 0.05) is 25.8 Å². The minimum Gasteiger partial charge on any atom is -0.364 e. The fourth-order valence-corrected chi connectivity index (χ4v) is 3.02. The van der Waals surface area contributed by atoms with Crippen molar-refractivity contribution in [3.8, 4) is 0 Å². The van der Waals surface area contributed by atoms with Crippen LogP contribution < -0.4 is 4.90 Å². The molecule has 2 saturated heterocycles. The Kier molecular flexibility index (Phi) is 3.61. The normalized spacial score (nSPS) is 26.2. The van der Waals surface area contributed by atoms with Crippen LogP contribution in [0.2, 0.25) is 0 Å². The fourth-order valence-electron chi connectivity index (χ4n) is 3.02. The Balaban J connectivity index is 1.77. The van der Waals surface area contributed by atoms with E-state index in [0.29, 0.717) is 5.92 Å². The number of morpholine rings is 1. The summed E-state index contributed by atoms with van der Waals surface area (Å²) in [4.78, 5) is 20.7. The van der Waals surface area contributed by atoms with E-state index < -0.39 is 0 Å². The minimum absolute atomic E-state index is 0.105. The van der Waals surface area contributed by atoms with Gasteiger partial charge in [-0.2, -0.15) is 0 Å². The van der Waals surface area contributed by atoms with Gasteiger partial charge >= 0.3 is 0 Å². The highest BCUT2D eigenvalue weighted by atomic mass is 16.5.